The first-order chi connectivity index (χ1) is 9.57. The van der Waals surface area contributed by atoms with Crippen molar-refractivity contribution in [3.63, 3.8) is 0 Å². The zero-order valence-corrected chi connectivity index (χ0v) is 12.9. The highest BCUT2D eigenvalue weighted by Gasteiger charge is 2.37. The Morgan fingerprint density at radius 1 is 1.30 bits per heavy atom. The Labute approximate surface area is 125 Å². The van der Waals surface area contributed by atoms with Crippen molar-refractivity contribution in [1.82, 2.24) is 0 Å². The van der Waals surface area contributed by atoms with Gasteiger partial charge < -0.3 is 9.47 Å². The van der Waals surface area contributed by atoms with Gasteiger partial charge in [-0.1, -0.05) is 18.2 Å². The maximum atomic E-state index is 12.6. The second kappa shape index (κ2) is 6.89. The summed E-state index contributed by atoms with van der Waals surface area (Å²) < 4.78 is 36.3. The summed E-state index contributed by atoms with van der Waals surface area (Å²) in [4.78, 5) is 0.343. The van der Waals surface area contributed by atoms with Crippen LogP contribution in [0.5, 0.6) is 0 Å². The molecule has 1 aliphatic heterocycles. The summed E-state index contributed by atoms with van der Waals surface area (Å²) in [5.74, 6) is 0.268. The summed E-state index contributed by atoms with van der Waals surface area (Å²) in [6.45, 7) is 2.34. The first kappa shape index (κ1) is 15.8. The topological polar surface area (TPSA) is 52.6 Å². The molecule has 2 rings (SSSR count). The molecule has 1 heterocycles. The van der Waals surface area contributed by atoms with Crippen LogP contribution in [0.15, 0.2) is 35.2 Å². The standard InChI is InChI=1S/C14H19ClO4S/c1-2-18-14-9-13(8-11(10-15)19-14)20(16,17)12-6-4-3-5-7-12/h3-7,11,13-14H,2,8-10H2,1H3/t11-,13-,14+/m0/s1. The van der Waals surface area contributed by atoms with Crippen LogP contribution in [0.4, 0.5) is 0 Å². The zero-order chi connectivity index (χ0) is 14.6. The van der Waals surface area contributed by atoms with Crippen molar-refractivity contribution < 1.29 is 17.9 Å². The van der Waals surface area contributed by atoms with Gasteiger partial charge >= 0.3 is 0 Å². The van der Waals surface area contributed by atoms with Crippen molar-refractivity contribution >= 4 is 21.4 Å². The van der Waals surface area contributed by atoms with Gasteiger partial charge in [-0.15, -0.1) is 11.6 Å². The molecule has 1 aliphatic rings. The molecule has 0 N–H and O–H groups in total. The van der Waals surface area contributed by atoms with Crippen LogP contribution in [0.25, 0.3) is 0 Å². The molecule has 1 aromatic carbocycles. The fraction of sp³-hybridized carbons (Fsp3) is 0.571. The maximum Gasteiger partial charge on any atom is 0.181 e. The molecule has 0 saturated carbocycles. The number of halogens is 1. The molecule has 4 nitrogen and oxygen atoms in total. The summed E-state index contributed by atoms with van der Waals surface area (Å²) in [6.07, 6.45) is -0.0330. The van der Waals surface area contributed by atoms with Gasteiger partial charge in [-0.05, 0) is 25.5 Å². The van der Waals surface area contributed by atoms with Gasteiger partial charge in [0, 0.05) is 18.9 Å². The van der Waals surface area contributed by atoms with E-state index < -0.39 is 21.4 Å². The molecule has 20 heavy (non-hydrogen) atoms. The summed E-state index contributed by atoms with van der Waals surface area (Å²) in [6, 6.07) is 8.50. The second-order valence-electron chi connectivity index (χ2n) is 4.75. The Hall–Kier alpha value is -0.620. The van der Waals surface area contributed by atoms with E-state index in [1.807, 2.05) is 6.92 Å². The maximum absolute atomic E-state index is 12.6. The molecule has 0 amide bonds. The van der Waals surface area contributed by atoms with E-state index in [4.69, 9.17) is 21.1 Å². The summed E-state index contributed by atoms with van der Waals surface area (Å²) in [5, 5.41) is -0.515. The van der Waals surface area contributed by atoms with Crippen molar-refractivity contribution in [3.8, 4) is 0 Å². The van der Waals surface area contributed by atoms with E-state index in [1.54, 1.807) is 30.3 Å². The van der Waals surface area contributed by atoms with Gasteiger partial charge in [-0.3, -0.25) is 0 Å². The van der Waals surface area contributed by atoms with Crippen LogP contribution in [-0.2, 0) is 19.3 Å². The third-order valence-corrected chi connectivity index (χ3v) is 5.90. The number of benzene rings is 1. The number of ether oxygens (including phenoxy) is 2. The number of hydrogen-bond donors (Lipinski definition) is 0. The molecule has 0 aromatic heterocycles. The highest BCUT2D eigenvalue weighted by Crippen LogP contribution is 2.30. The average molecular weight is 319 g/mol. The molecule has 0 bridgehead atoms. The Bertz CT molecular complexity index is 517. The largest absolute Gasteiger partial charge is 0.353 e. The van der Waals surface area contributed by atoms with Crippen LogP contribution in [0.2, 0.25) is 0 Å². The SMILES string of the molecule is CCO[C@H]1C[C@@H](S(=O)(=O)c2ccccc2)C[C@@H](CCl)O1. The van der Waals surface area contributed by atoms with Gasteiger partial charge in [0.25, 0.3) is 0 Å². The molecule has 0 unspecified atom stereocenters. The lowest BCUT2D eigenvalue weighted by Gasteiger charge is -2.33. The quantitative estimate of drug-likeness (QED) is 0.783. The molecule has 0 aliphatic carbocycles. The van der Waals surface area contributed by atoms with Gasteiger partial charge in [-0.25, -0.2) is 8.42 Å². The molecule has 1 fully saturated rings. The third-order valence-electron chi connectivity index (χ3n) is 3.36. The summed E-state index contributed by atoms with van der Waals surface area (Å²) >= 11 is 5.83. The molecular weight excluding hydrogens is 300 g/mol. The van der Waals surface area contributed by atoms with Crippen molar-refractivity contribution in [1.29, 1.82) is 0 Å². The Kier molecular flexibility index (Phi) is 5.43. The highest BCUT2D eigenvalue weighted by atomic mass is 35.5. The number of rotatable bonds is 5. The summed E-state index contributed by atoms with van der Waals surface area (Å²) in [5.41, 5.74) is 0. The first-order valence-electron chi connectivity index (χ1n) is 6.70. The van der Waals surface area contributed by atoms with Crippen LogP contribution in [0.3, 0.4) is 0 Å². The highest BCUT2D eigenvalue weighted by molar-refractivity contribution is 7.92. The zero-order valence-electron chi connectivity index (χ0n) is 11.4. The van der Waals surface area contributed by atoms with Crippen molar-refractivity contribution in [2.24, 2.45) is 0 Å². The number of sulfone groups is 1. The third kappa shape index (κ3) is 3.52. The van der Waals surface area contributed by atoms with E-state index >= 15 is 0 Å². The second-order valence-corrected chi connectivity index (χ2v) is 7.29. The van der Waals surface area contributed by atoms with Gasteiger partial charge in [0.05, 0.1) is 16.2 Å². The summed E-state index contributed by atoms with van der Waals surface area (Å²) in [7, 11) is -3.37. The Morgan fingerprint density at radius 3 is 2.60 bits per heavy atom. The minimum Gasteiger partial charge on any atom is -0.353 e. The first-order valence-corrected chi connectivity index (χ1v) is 8.78. The number of alkyl halides is 1. The molecular formula is C14H19ClO4S. The van der Waals surface area contributed by atoms with E-state index in [9.17, 15) is 8.42 Å². The van der Waals surface area contributed by atoms with Gasteiger partial charge in [0.15, 0.2) is 16.1 Å². The smallest absolute Gasteiger partial charge is 0.181 e. The van der Waals surface area contributed by atoms with Crippen molar-refractivity contribution in [2.45, 2.75) is 42.3 Å². The fourth-order valence-corrected chi connectivity index (χ4v) is 4.38. The van der Waals surface area contributed by atoms with Gasteiger partial charge in [-0.2, -0.15) is 0 Å². The van der Waals surface area contributed by atoms with Crippen LogP contribution in [0.1, 0.15) is 19.8 Å². The molecule has 0 radical (unpaired) electrons. The van der Waals surface area contributed by atoms with Gasteiger partial charge in [0.1, 0.15) is 0 Å². The normalized spacial score (nSPS) is 27.4. The van der Waals surface area contributed by atoms with E-state index in [1.165, 1.54) is 0 Å². The van der Waals surface area contributed by atoms with Crippen LogP contribution < -0.4 is 0 Å². The molecule has 112 valence electrons. The Morgan fingerprint density at radius 2 is 2.00 bits per heavy atom. The van der Waals surface area contributed by atoms with E-state index in [0.717, 1.165) is 0 Å². The van der Waals surface area contributed by atoms with Crippen LogP contribution in [0, 0.1) is 0 Å². The lowest BCUT2D eigenvalue weighted by Crippen LogP contribution is -2.41. The minimum atomic E-state index is -3.37. The Balaban J connectivity index is 2.21. The minimum absolute atomic E-state index is 0.268. The van der Waals surface area contributed by atoms with E-state index in [0.29, 0.717) is 24.3 Å². The molecule has 0 spiro atoms. The predicted octanol–water partition coefficient (Wildman–Crippen LogP) is 2.61. The molecule has 3 atom stereocenters. The lowest BCUT2D eigenvalue weighted by atomic mass is 10.1. The van der Waals surface area contributed by atoms with E-state index in [2.05, 4.69) is 0 Å². The average Bonchev–Trinajstić information content (AvgIpc) is 2.48. The number of hydrogen-bond acceptors (Lipinski definition) is 4. The molecule has 6 heteroatoms. The van der Waals surface area contributed by atoms with Crippen LogP contribution in [-0.4, -0.2) is 38.5 Å². The lowest BCUT2D eigenvalue weighted by molar-refractivity contribution is -0.184. The van der Waals surface area contributed by atoms with Gasteiger partial charge in [0.2, 0.25) is 0 Å². The monoisotopic (exact) mass is 318 g/mol. The van der Waals surface area contributed by atoms with Crippen LogP contribution >= 0.6 is 11.6 Å². The predicted molar refractivity (Wildman–Crippen MR) is 77.7 cm³/mol. The van der Waals surface area contributed by atoms with Crippen molar-refractivity contribution in [3.05, 3.63) is 30.3 Å². The van der Waals surface area contributed by atoms with Crippen molar-refractivity contribution in [2.75, 3.05) is 12.5 Å². The molecule has 1 saturated heterocycles. The fourth-order valence-electron chi connectivity index (χ4n) is 2.38. The molecule has 1 aromatic rings. The van der Waals surface area contributed by atoms with E-state index in [-0.39, 0.29) is 12.0 Å².